The first-order chi connectivity index (χ1) is 7.77. The summed E-state index contributed by atoms with van der Waals surface area (Å²) in [6.07, 6.45) is 1.60. The van der Waals surface area contributed by atoms with Gasteiger partial charge in [-0.15, -0.1) is 6.58 Å². The zero-order valence-electron chi connectivity index (χ0n) is 8.76. The van der Waals surface area contributed by atoms with Gasteiger partial charge in [-0.1, -0.05) is 42.5 Å². The van der Waals surface area contributed by atoms with Gasteiger partial charge in [0.25, 0.3) is 0 Å². The van der Waals surface area contributed by atoms with Crippen molar-refractivity contribution in [3.63, 3.8) is 0 Å². The summed E-state index contributed by atoms with van der Waals surface area (Å²) in [6.45, 7) is 3.57. The lowest BCUT2D eigenvalue weighted by Crippen LogP contribution is -1.95. The molecule has 0 aliphatic carbocycles. The Morgan fingerprint density at radius 2 is 1.81 bits per heavy atom. The van der Waals surface area contributed by atoms with Crippen LogP contribution in [-0.2, 0) is 0 Å². The van der Waals surface area contributed by atoms with E-state index in [1.54, 1.807) is 12.1 Å². The standard InChI is InChI=1S/C14H12O2/c1-2-14(16)13-8-7-10(9-15)11-5-3-4-6-12(11)13/h2-9,14,16H,1H2. The molecule has 80 valence electrons. The number of aldehydes is 1. The van der Waals surface area contributed by atoms with Crippen molar-refractivity contribution in [2.24, 2.45) is 0 Å². The van der Waals surface area contributed by atoms with Crippen LogP contribution in [0.15, 0.2) is 49.1 Å². The summed E-state index contributed by atoms with van der Waals surface area (Å²) < 4.78 is 0. The van der Waals surface area contributed by atoms with Gasteiger partial charge in [0.2, 0.25) is 0 Å². The maximum atomic E-state index is 10.9. The van der Waals surface area contributed by atoms with E-state index in [0.29, 0.717) is 5.56 Å². The molecule has 0 heterocycles. The van der Waals surface area contributed by atoms with Crippen LogP contribution in [0.25, 0.3) is 10.8 Å². The summed E-state index contributed by atoms with van der Waals surface area (Å²) in [4.78, 5) is 10.9. The summed E-state index contributed by atoms with van der Waals surface area (Å²) in [7, 11) is 0. The average Bonchev–Trinajstić information content (AvgIpc) is 2.36. The molecule has 0 saturated carbocycles. The zero-order valence-corrected chi connectivity index (χ0v) is 8.76. The quantitative estimate of drug-likeness (QED) is 0.627. The molecule has 1 unspecified atom stereocenters. The van der Waals surface area contributed by atoms with E-state index >= 15 is 0 Å². The van der Waals surface area contributed by atoms with Gasteiger partial charge in [0.05, 0.1) is 6.10 Å². The van der Waals surface area contributed by atoms with E-state index in [-0.39, 0.29) is 0 Å². The fraction of sp³-hybridized carbons (Fsp3) is 0.0714. The number of hydrogen-bond acceptors (Lipinski definition) is 2. The summed E-state index contributed by atoms with van der Waals surface area (Å²) >= 11 is 0. The zero-order chi connectivity index (χ0) is 11.5. The molecule has 0 bridgehead atoms. The molecule has 2 heteroatoms. The van der Waals surface area contributed by atoms with Crippen molar-refractivity contribution in [3.05, 3.63) is 60.2 Å². The highest BCUT2D eigenvalue weighted by Gasteiger charge is 2.09. The van der Waals surface area contributed by atoms with Crippen molar-refractivity contribution in [2.45, 2.75) is 6.10 Å². The minimum Gasteiger partial charge on any atom is -0.384 e. The second-order valence-electron chi connectivity index (χ2n) is 3.59. The maximum Gasteiger partial charge on any atom is 0.150 e. The maximum absolute atomic E-state index is 10.9. The van der Waals surface area contributed by atoms with E-state index in [4.69, 9.17) is 0 Å². The van der Waals surface area contributed by atoms with Gasteiger partial charge in [0.1, 0.15) is 0 Å². The molecule has 1 atom stereocenters. The van der Waals surface area contributed by atoms with Gasteiger partial charge in [-0.2, -0.15) is 0 Å². The number of fused-ring (bicyclic) bond motifs is 1. The van der Waals surface area contributed by atoms with Crippen LogP contribution < -0.4 is 0 Å². The molecular weight excluding hydrogens is 200 g/mol. The lowest BCUT2D eigenvalue weighted by molar-refractivity contribution is 0.112. The van der Waals surface area contributed by atoms with Crippen molar-refractivity contribution in [2.75, 3.05) is 0 Å². The molecule has 0 saturated heterocycles. The minimum atomic E-state index is -0.703. The Morgan fingerprint density at radius 3 is 2.44 bits per heavy atom. The van der Waals surface area contributed by atoms with Gasteiger partial charge in [0, 0.05) is 5.56 Å². The molecule has 0 radical (unpaired) electrons. The third kappa shape index (κ3) is 1.64. The van der Waals surface area contributed by atoms with Crippen molar-refractivity contribution >= 4 is 17.1 Å². The molecule has 0 aromatic heterocycles. The Labute approximate surface area is 93.8 Å². The van der Waals surface area contributed by atoms with Crippen LogP contribution in [0.1, 0.15) is 22.0 Å². The van der Waals surface area contributed by atoms with Crippen molar-refractivity contribution in [1.29, 1.82) is 0 Å². The molecule has 1 N–H and O–H groups in total. The Hall–Kier alpha value is -1.93. The second-order valence-corrected chi connectivity index (χ2v) is 3.59. The molecule has 0 fully saturated rings. The number of rotatable bonds is 3. The van der Waals surface area contributed by atoms with Crippen molar-refractivity contribution < 1.29 is 9.90 Å². The van der Waals surface area contributed by atoms with Crippen molar-refractivity contribution in [3.8, 4) is 0 Å². The second kappa shape index (κ2) is 4.29. The van der Waals surface area contributed by atoms with Gasteiger partial charge < -0.3 is 5.11 Å². The van der Waals surface area contributed by atoms with Gasteiger partial charge in [0.15, 0.2) is 6.29 Å². The van der Waals surface area contributed by atoms with Crippen LogP contribution >= 0.6 is 0 Å². The van der Waals surface area contributed by atoms with E-state index < -0.39 is 6.10 Å². The van der Waals surface area contributed by atoms with Gasteiger partial charge >= 0.3 is 0 Å². The lowest BCUT2D eigenvalue weighted by Gasteiger charge is -2.11. The fourth-order valence-electron chi connectivity index (χ4n) is 1.83. The first-order valence-electron chi connectivity index (χ1n) is 5.05. The third-order valence-electron chi connectivity index (χ3n) is 2.66. The summed E-state index contributed by atoms with van der Waals surface area (Å²) in [5, 5.41) is 11.5. The van der Waals surface area contributed by atoms with Crippen LogP contribution in [0.2, 0.25) is 0 Å². The molecule has 0 spiro atoms. The highest BCUT2D eigenvalue weighted by molar-refractivity contribution is 5.99. The Balaban J connectivity index is 2.79. The summed E-state index contributed by atoms with van der Waals surface area (Å²) in [6, 6.07) is 11.0. The van der Waals surface area contributed by atoms with Crippen molar-refractivity contribution in [1.82, 2.24) is 0 Å². The fourth-order valence-corrected chi connectivity index (χ4v) is 1.83. The van der Waals surface area contributed by atoms with E-state index in [9.17, 15) is 9.90 Å². The molecule has 2 nitrogen and oxygen atoms in total. The average molecular weight is 212 g/mol. The molecule has 0 aliphatic heterocycles. The normalized spacial score (nSPS) is 12.3. The number of carbonyl (C=O) groups excluding carboxylic acids is 1. The Bertz CT molecular complexity index is 543. The number of hydrogen-bond donors (Lipinski definition) is 1. The van der Waals surface area contributed by atoms with E-state index in [1.807, 2.05) is 24.3 Å². The molecular formula is C14H12O2. The molecule has 16 heavy (non-hydrogen) atoms. The highest BCUT2D eigenvalue weighted by atomic mass is 16.3. The highest BCUT2D eigenvalue weighted by Crippen LogP contribution is 2.26. The van der Waals surface area contributed by atoms with E-state index in [2.05, 4.69) is 6.58 Å². The Morgan fingerprint density at radius 1 is 1.12 bits per heavy atom. The largest absolute Gasteiger partial charge is 0.384 e. The van der Waals surface area contributed by atoms with Crippen LogP contribution in [-0.4, -0.2) is 11.4 Å². The van der Waals surface area contributed by atoms with Crippen LogP contribution in [0.4, 0.5) is 0 Å². The molecule has 2 aromatic rings. The predicted molar refractivity (Wildman–Crippen MR) is 64.5 cm³/mol. The SMILES string of the molecule is C=CC(O)c1ccc(C=O)c2ccccc12. The molecule has 0 aliphatic rings. The third-order valence-corrected chi connectivity index (χ3v) is 2.66. The van der Waals surface area contributed by atoms with E-state index in [1.165, 1.54) is 6.08 Å². The summed E-state index contributed by atoms with van der Waals surface area (Å²) in [5.41, 5.74) is 1.41. The first kappa shape index (κ1) is 10.6. The van der Waals surface area contributed by atoms with Crippen LogP contribution in [0.5, 0.6) is 0 Å². The molecule has 0 amide bonds. The van der Waals surface area contributed by atoms with Gasteiger partial charge in [-0.3, -0.25) is 4.79 Å². The molecule has 2 aromatic carbocycles. The number of aliphatic hydroxyl groups is 1. The monoisotopic (exact) mass is 212 g/mol. The summed E-state index contributed by atoms with van der Waals surface area (Å²) in [5.74, 6) is 0. The van der Waals surface area contributed by atoms with E-state index in [0.717, 1.165) is 22.6 Å². The van der Waals surface area contributed by atoms with Crippen LogP contribution in [0.3, 0.4) is 0 Å². The molecule has 2 rings (SSSR count). The smallest absolute Gasteiger partial charge is 0.150 e. The number of aliphatic hydroxyl groups excluding tert-OH is 1. The number of carbonyl (C=O) groups is 1. The lowest BCUT2D eigenvalue weighted by atomic mass is 9.97. The van der Waals surface area contributed by atoms with Gasteiger partial charge in [-0.05, 0) is 16.3 Å². The first-order valence-corrected chi connectivity index (χ1v) is 5.05. The topological polar surface area (TPSA) is 37.3 Å². The number of benzene rings is 2. The van der Waals surface area contributed by atoms with Gasteiger partial charge in [-0.25, -0.2) is 0 Å². The Kier molecular flexibility index (Phi) is 2.84. The predicted octanol–water partition coefficient (Wildman–Crippen LogP) is 2.87. The minimum absolute atomic E-state index is 0.635. The van der Waals surface area contributed by atoms with Crippen LogP contribution in [0, 0.1) is 0 Å².